The first-order valence-electron chi connectivity index (χ1n) is 13.1. The lowest BCUT2D eigenvalue weighted by Gasteiger charge is -2.15. The zero-order valence-electron chi connectivity index (χ0n) is 21.4. The highest BCUT2D eigenvalue weighted by Crippen LogP contribution is 2.35. The fourth-order valence-corrected chi connectivity index (χ4v) is 5.75. The van der Waals surface area contributed by atoms with Crippen molar-refractivity contribution in [3.63, 3.8) is 0 Å². The topological polar surface area (TPSA) is 75.1 Å². The molecule has 1 atom stereocenters. The molecule has 0 saturated heterocycles. The molecule has 7 rings (SSSR count). The molecule has 0 fully saturated rings. The first kappa shape index (κ1) is 24.3. The van der Waals surface area contributed by atoms with E-state index in [1.165, 1.54) is 0 Å². The normalized spacial score (nSPS) is 14.7. The molecule has 7 heteroatoms. The average molecular weight is 586 g/mol. The number of halogens is 1. The molecule has 0 spiro atoms. The molecule has 6 aromatic rings. The Balaban J connectivity index is 1.34. The number of aromatic nitrogens is 3. The van der Waals surface area contributed by atoms with Crippen molar-refractivity contribution in [1.29, 1.82) is 0 Å². The molecule has 1 aliphatic rings. The van der Waals surface area contributed by atoms with E-state index >= 15 is 0 Å². The third-order valence-electron chi connectivity index (χ3n) is 7.24. The summed E-state index contributed by atoms with van der Waals surface area (Å²) in [6, 6.07) is 38.1. The molecule has 4 aromatic carbocycles. The molecule has 0 saturated carbocycles. The fraction of sp³-hybridized carbons (Fsp3) is 0.0606. The van der Waals surface area contributed by atoms with Crippen LogP contribution in [-0.2, 0) is 0 Å². The van der Waals surface area contributed by atoms with Crippen molar-refractivity contribution in [3.8, 4) is 28.1 Å². The number of hydrazone groups is 1. The molecule has 1 unspecified atom stereocenters. The van der Waals surface area contributed by atoms with Crippen molar-refractivity contribution in [2.24, 2.45) is 5.10 Å². The van der Waals surface area contributed by atoms with Crippen molar-refractivity contribution in [2.75, 3.05) is 0 Å². The third kappa shape index (κ3) is 4.34. The highest BCUT2D eigenvalue weighted by Gasteiger charge is 2.30. The number of rotatable bonds is 5. The first-order chi connectivity index (χ1) is 19.7. The van der Waals surface area contributed by atoms with Crippen LogP contribution in [0, 0.1) is 0 Å². The van der Waals surface area contributed by atoms with Crippen LogP contribution in [-0.4, -0.2) is 20.5 Å². The summed E-state index contributed by atoms with van der Waals surface area (Å²) in [4.78, 5) is 16.7. The number of hydrogen-bond acceptors (Lipinski definition) is 4. The Morgan fingerprint density at radius 1 is 0.775 bits per heavy atom. The maximum absolute atomic E-state index is 13.6. The van der Waals surface area contributed by atoms with E-state index in [-0.39, 0.29) is 11.6 Å². The van der Waals surface area contributed by atoms with Gasteiger partial charge in [-0.2, -0.15) is 10.2 Å². The molecule has 40 heavy (non-hydrogen) atoms. The maximum atomic E-state index is 13.6. The Hall–Kier alpha value is -4.75. The second kappa shape index (κ2) is 10.1. The Morgan fingerprint density at radius 3 is 2.17 bits per heavy atom. The molecule has 2 aromatic heterocycles. The van der Waals surface area contributed by atoms with E-state index in [0.717, 1.165) is 49.1 Å². The van der Waals surface area contributed by atoms with Crippen LogP contribution in [0.3, 0.4) is 0 Å². The van der Waals surface area contributed by atoms with Crippen LogP contribution in [0.5, 0.6) is 0 Å². The second-order valence-corrected chi connectivity index (χ2v) is 10.7. The van der Waals surface area contributed by atoms with Gasteiger partial charge in [0.05, 0.1) is 34.4 Å². The summed E-state index contributed by atoms with van der Waals surface area (Å²) in [5.41, 5.74) is 11.0. The largest absolute Gasteiger partial charge is 0.321 e. The summed E-state index contributed by atoms with van der Waals surface area (Å²) in [6.45, 7) is 0. The van der Waals surface area contributed by atoms with Crippen molar-refractivity contribution in [1.82, 2.24) is 20.2 Å². The van der Waals surface area contributed by atoms with Crippen LogP contribution >= 0.6 is 15.9 Å². The minimum Gasteiger partial charge on any atom is -0.321 e. The number of H-pyrrole nitrogens is 1. The number of fused-ring (bicyclic) bond motifs is 1. The summed E-state index contributed by atoms with van der Waals surface area (Å²) in [5.74, 6) is 0. The highest BCUT2D eigenvalue weighted by atomic mass is 79.9. The van der Waals surface area contributed by atoms with Crippen molar-refractivity contribution >= 4 is 32.5 Å². The zero-order valence-corrected chi connectivity index (χ0v) is 23.0. The highest BCUT2D eigenvalue weighted by molar-refractivity contribution is 9.10. The summed E-state index contributed by atoms with van der Waals surface area (Å²) in [6.07, 6.45) is 0.537. The van der Waals surface area contributed by atoms with Gasteiger partial charge in [-0.05, 0) is 42.0 Å². The number of benzene rings is 4. The minimum atomic E-state index is -0.165. The number of aromatic amines is 1. The number of para-hydroxylation sites is 1. The lowest BCUT2D eigenvalue weighted by molar-refractivity contribution is 0.580. The van der Waals surface area contributed by atoms with E-state index in [0.29, 0.717) is 17.7 Å². The van der Waals surface area contributed by atoms with Gasteiger partial charge in [-0.15, -0.1) is 0 Å². The molecule has 6 nitrogen and oxygen atoms in total. The lowest BCUT2D eigenvalue weighted by Crippen LogP contribution is -2.20. The number of hydrogen-bond donors (Lipinski definition) is 2. The van der Waals surface area contributed by atoms with E-state index < -0.39 is 0 Å². The lowest BCUT2D eigenvalue weighted by atomic mass is 9.92. The molecule has 2 N–H and O–H groups in total. The molecule has 0 bridgehead atoms. The predicted molar refractivity (Wildman–Crippen MR) is 164 cm³/mol. The Bertz CT molecular complexity index is 1930. The molecule has 194 valence electrons. The SMILES string of the molecule is O=c1[nH]c2ccc(Br)cc2c(-c2ccccc2)c1C1=NNC(c2cc(-c3ccccc3)nn2-c2ccccc2)C1. The fourth-order valence-electron chi connectivity index (χ4n) is 5.38. The van der Waals surface area contributed by atoms with Gasteiger partial charge < -0.3 is 10.4 Å². The first-order valence-corrected chi connectivity index (χ1v) is 13.9. The summed E-state index contributed by atoms with van der Waals surface area (Å²) in [7, 11) is 0. The van der Waals surface area contributed by atoms with Crippen molar-refractivity contribution in [2.45, 2.75) is 12.5 Å². The quantitative estimate of drug-likeness (QED) is 0.224. The van der Waals surface area contributed by atoms with Crippen LogP contribution in [0.4, 0.5) is 0 Å². The van der Waals surface area contributed by atoms with Gasteiger partial charge >= 0.3 is 0 Å². The van der Waals surface area contributed by atoms with Crippen LogP contribution in [0.25, 0.3) is 39.0 Å². The van der Waals surface area contributed by atoms with E-state index in [2.05, 4.69) is 44.5 Å². The molecule has 0 amide bonds. The minimum absolute atomic E-state index is 0.156. The predicted octanol–water partition coefficient (Wildman–Crippen LogP) is 7.25. The average Bonchev–Trinajstić information content (AvgIpc) is 3.66. The summed E-state index contributed by atoms with van der Waals surface area (Å²) >= 11 is 3.61. The Morgan fingerprint density at radius 2 is 1.45 bits per heavy atom. The van der Waals surface area contributed by atoms with Gasteiger partial charge in [-0.3, -0.25) is 4.79 Å². The van der Waals surface area contributed by atoms with E-state index in [9.17, 15) is 4.79 Å². The van der Waals surface area contributed by atoms with Gasteiger partial charge in [0, 0.05) is 32.9 Å². The van der Waals surface area contributed by atoms with Crippen LogP contribution in [0.2, 0.25) is 0 Å². The Kier molecular flexibility index (Phi) is 6.13. The van der Waals surface area contributed by atoms with Crippen LogP contribution in [0.1, 0.15) is 23.7 Å². The van der Waals surface area contributed by atoms with E-state index in [1.807, 2.05) is 102 Å². The van der Waals surface area contributed by atoms with Gasteiger partial charge in [-0.1, -0.05) is 94.8 Å². The monoisotopic (exact) mass is 585 g/mol. The van der Waals surface area contributed by atoms with Gasteiger partial charge in [0.25, 0.3) is 5.56 Å². The zero-order chi connectivity index (χ0) is 27.1. The summed E-state index contributed by atoms with van der Waals surface area (Å²) in [5, 5.41) is 10.7. The number of nitrogens with zero attached hydrogens (tertiary/aromatic N) is 3. The van der Waals surface area contributed by atoms with Gasteiger partial charge in [-0.25, -0.2) is 4.68 Å². The van der Waals surface area contributed by atoms with Crippen LogP contribution in [0.15, 0.2) is 130 Å². The summed E-state index contributed by atoms with van der Waals surface area (Å²) < 4.78 is 2.91. The second-order valence-electron chi connectivity index (χ2n) is 9.77. The number of pyridine rings is 1. The van der Waals surface area contributed by atoms with Gasteiger partial charge in [0.2, 0.25) is 0 Å². The van der Waals surface area contributed by atoms with Gasteiger partial charge in [0.1, 0.15) is 0 Å². The third-order valence-corrected chi connectivity index (χ3v) is 7.74. The molecule has 1 aliphatic heterocycles. The smallest absolute Gasteiger partial charge is 0.258 e. The molecular formula is C33H24BrN5O. The maximum Gasteiger partial charge on any atom is 0.258 e. The van der Waals surface area contributed by atoms with Crippen molar-refractivity contribution < 1.29 is 0 Å². The Labute approximate surface area is 239 Å². The molecule has 3 heterocycles. The van der Waals surface area contributed by atoms with Gasteiger partial charge in [0.15, 0.2) is 0 Å². The molecular weight excluding hydrogens is 562 g/mol. The van der Waals surface area contributed by atoms with Crippen molar-refractivity contribution in [3.05, 3.63) is 141 Å². The van der Waals surface area contributed by atoms with Crippen LogP contribution < -0.4 is 11.0 Å². The molecule has 0 aliphatic carbocycles. The number of nitrogens with one attached hydrogen (secondary N) is 2. The van der Waals surface area contributed by atoms with E-state index in [1.54, 1.807) is 0 Å². The standard InChI is InChI=1S/C33H24BrN5O/c34-23-16-17-26-25(18-23)31(22-12-6-2-7-13-22)32(33(40)35-26)29-19-28(36-37-29)30-20-27(21-10-4-1-5-11-21)38-39(30)24-14-8-3-9-15-24/h1-18,20,28,36H,19H2,(H,35,40). The van der Waals surface area contributed by atoms with E-state index in [4.69, 9.17) is 10.2 Å². The molecule has 0 radical (unpaired) electrons.